The van der Waals surface area contributed by atoms with Crippen LogP contribution in [0.3, 0.4) is 0 Å². The van der Waals surface area contributed by atoms with Crippen molar-refractivity contribution in [3.8, 4) is 11.1 Å². The summed E-state index contributed by atoms with van der Waals surface area (Å²) in [4.78, 5) is 11.3. The fourth-order valence-corrected chi connectivity index (χ4v) is 1.82. The Bertz CT molecular complexity index is 618. The van der Waals surface area contributed by atoms with Crippen molar-refractivity contribution in [1.29, 1.82) is 0 Å². The van der Waals surface area contributed by atoms with E-state index in [0.29, 0.717) is 11.1 Å². The molecule has 0 radical (unpaired) electrons. The molecule has 0 bridgehead atoms. The first-order chi connectivity index (χ1) is 8.49. The Morgan fingerprint density at radius 1 is 1.00 bits per heavy atom. The Morgan fingerprint density at radius 2 is 1.67 bits per heavy atom. The zero-order valence-corrected chi connectivity index (χ0v) is 10.1. The molecule has 0 saturated carbocycles. The van der Waals surface area contributed by atoms with Crippen LogP contribution in [0.2, 0.25) is 0 Å². The van der Waals surface area contributed by atoms with Crippen molar-refractivity contribution in [3.05, 3.63) is 59.2 Å². The van der Waals surface area contributed by atoms with Crippen LogP contribution < -0.4 is 0 Å². The van der Waals surface area contributed by atoms with Gasteiger partial charge >= 0.3 is 0 Å². The van der Waals surface area contributed by atoms with Crippen LogP contribution in [0.1, 0.15) is 22.8 Å². The highest BCUT2D eigenvalue weighted by atomic mass is 19.1. The normalized spacial score (nSPS) is 10.4. The summed E-state index contributed by atoms with van der Waals surface area (Å²) in [5.41, 5.74) is 1.76. The van der Waals surface area contributed by atoms with Gasteiger partial charge in [-0.2, -0.15) is 0 Å². The molecule has 0 spiro atoms. The molecule has 2 aromatic rings. The number of benzene rings is 2. The number of carbonyl (C=O) groups is 1. The highest BCUT2D eigenvalue weighted by Crippen LogP contribution is 2.26. The summed E-state index contributed by atoms with van der Waals surface area (Å²) < 4.78 is 27.1. The van der Waals surface area contributed by atoms with E-state index in [-0.39, 0.29) is 17.2 Å². The van der Waals surface area contributed by atoms with E-state index >= 15 is 0 Å². The van der Waals surface area contributed by atoms with Crippen molar-refractivity contribution in [2.24, 2.45) is 0 Å². The molecule has 0 amide bonds. The number of hydrogen-bond donors (Lipinski definition) is 0. The van der Waals surface area contributed by atoms with E-state index in [4.69, 9.17) is 0 Å². The summed E-state index contributed by atoms with van der Waals surface area (Å²) in [6.45, 7) is 3.13. The molecule has 0 saturated heterocycles. The van der Waals surface area contributed by atoms with Crippen LogP contribution in [0.5, 0.6) is 0 Å². The topological polar surface area (TPSA) is 17.1 Å². The van der Waals surface area contributed by atoms with Gasteiger partial charge in [-0.15, -0.1) is 0 Å². The van der Waals surface area contributed by atoms with Crippen molar-refractivity contribution in [2.75, 3.05) is 0 Å². The molecule has 1 nitrogen and oxygen atoms in total. The van der Waals surface area contributed by atoms with Gasteiger partial charge in [0.05, 0.1) is 5.56 Å². The van der Waals surface area contributed by atoms with Gasteiger partial charge in [-0.05, 0) is 43.7 Å². The number of aryl methyl sites for hydroxylation is 1. The smallest absolute Gasteiger partial charge is 0.162 e. The summed E-state index contributed by atoms with van der Waals surface area (Å²) in [5, 5.41) is 0. The van der Waals surface area contributed by atoms with Crippen LogP contribution in [0.4, 0.5) is 8.78 Å². The SMILES string of the molecule is CC(=O)c1cc(-c2cc(C)ccc2F)ccc1F. The van der Waals surface area contributed by atoms with Crippen LogP contribution in [-0.2, 0) is 0 Å². The zero-order valence-electron chi connectivity index (χ0n) is 10.1. The molecule has 2 rings (SSSR count). The van der Waals surface area contributed by atoms with Crippen molar-refractivity contribution in [1.82, 2.24) is 0 Å². The first kappa shape index (κ1) is 12.4. The Hall–Kier alpha value is -2.03. The van der Waals surface area contributed by atoms with Crippen molar-refractivity contribution < 1.29 is 13.6 Å². The Balaban J connectivity index is 2.61. The number of ketones is 1. The second-order valence-electron chi connectivity index (χ2n) is 4.23. The van der Waals surface area contributed by atoms with Gasteiger partial charge < -0.3 is 0 Å². The second-order valence-corrected chi connectivity index (χ2v) is 4.23. The van der Waals surface area contributed by atoms with Crippen LogP contribution in [0, 0.1) is 18.6 Å². The molecule has 0 aliphatic rings. The van der Waals surface area contributed by atoms with E-state index < -0.39 is 5.82 Å². The quantitative estimate of drug-likeness (QED) is 0.728. The van der Waals surface area contributed by atoms with Gasteiger partial charge in [-0.1, -0.05) is 17.7 Å². The fourth-order valence-electron chi connectivity index (χ4n) is 1.82. The summed E-state index contributed by atoms with van der Waals surface area (Å²) in [6, 6.07) is 8.74. The fraction of sp³-hybridized carbons (Fsp3) is 0.133. The third-order valence-corrected chi connectivity index (χ3v) is 2.78. The standard InChI is InChI=1S/C15H12F2O/c1-9-3-5-15(17)13(7-9)11-4-6-14(16)12(8-11)10(2)18/h3-8H,1-2H3. The molecule has 0 heterocycles. The molecule has 92 valence electrons. The van der Waals surface area contributed by atoms with E-state index in [1.165, 1.54) is 31.2 Å². The van der Waals surface area contributed by atoms with E-state index in [9.17, 15) is 13.6 Å². The van der Waals surface area contributed by atoms with E-state index in [2.05, 4.69) is 0 Å². The molecule has 0 N–H and O–H groups in total. The lowest BCUT2D eigenvalue weighted by Gasteiger charge is -2.07. The first-order valence-electron chi connectivity index (χ1n) is 5.56. The molecule has 0 fully saturated rings. The van der Waals surface area contributed by atoms with E-state index in [1.807, 2.05) is 6.92 Å². The van der Waals surface area contributed by atoms with Crippen molar-refractivity contribution in [3.63, 3.8) is 0 Å². The van der Waals surface area contributed by atoms with Crippen molar-refractivity contribution >= 4 is 5.78 Å². The number of carbonyl (C=O) groups excluding carboxylic acids is 1. The molecule has 0 aliphatic heterocycles. The number of hydrogen-bond acceptors (Lipinski definition) is 1. The minimum atomic E-state index is -0.584. The average Bonchev–Trinajstić information content (AvgIpc) is 2.33. The Morgan fingerprint density at radius 3 is 2.33 bits per heavy atom. The lowest BCUT2D eigenvalue weighted by molar-refractivity contribution is 0.101. The maximum Gasteiger partial charge on any atom is 0.162 e. The largest absolute Gasteiger partial charge is 0.294 e. The Kier molecular flexibility index (Phi) is 3.24. The highest BCUT2D eigenvalue weighted by Gasteiger charge is 2.11. The zero-order chi connectivity index (χ0) is 13.3. The summed E-state index contributed by atoms with van der Waals surface area (Å²) in [7, 11) is 0. The molecule has 0 atom stereocenters. The summed E-state index contributed by atoms with van der Waals surface area (Å²) >= 11 is 0. The lowest BCUT2D eigenvalue weighted by Crippen LogP contribution is -1.98. The molecule has 0 aromatic heterocycles. The van der Waals surface area contributed by atoms with Crippen LogP contribution in [0.25, 0.3) is 11.1 Å². The molecule has 0 aliphatic carbocycles. The van der Waals surface area contributed by atoms with Crippen LogP contribution in [-0.4, -0.2) is 5.78 Å². The number of halogens is 2. The van der Waals surface area contributed by atoms with Gasteiger partial charge in [0.25, 0.3) is 0 Å². The lowest BCUT2D eigenvalue weighted by atomic mass is 9.99. The van der Waals surface area contributed by atoms with Gasteiger partial charge in [0.1, 0.15) is 11.6 Å². The molecule has 18 heavy (non-hydrogen) atoms. The summed E-state index contributed by atoms with van der Waals surface area (Å²) in [5.74, 6) is -1.34. The summed E-state index contributed by atoms with van der Waals surface area (Å²) in [6.07, 6.45) is 0. The molecule has 3 heteroatoms. The minimum Gasteiger partial charge on any atom is -0.294 e. The van der Waals surface area contributed by atoms with Crippen LogP contribution in [0.15, 0.2) is 36.4 Å². The Labute approximate surface area is 104 Å². The van der Waals surface area contributed by atoms with Gasteiger partial charge in [0.2, 0.25) is 0 Å². The van der Waals surface area contributed by atoms with Gasteiger partial charge in [0.15, 0.2) is 5.78 Å². The number of Topliss-reactive ketones (excluding diaryl/α,β-unsaturated/α-hetero) is 1. The molecule has 0 unspecified atom stereocenters. The molecular formula is C15H12F2O. The predicted octanol–water partition coefficient (Wildman–Crippen LogP) is 4.14. The molecule has 2 aromatic carbocycles. The third-order valence-electron chi connectivity index (χ3n) is 2.78. The average molecular weight is 246 g/mol. The maximum atomic E-state index is 13.7. The van der Waals surface area contributed by atoms with Crippen LogP contribution >= 0.6 is 0 Å². The number of rotatable bonds is 2. The van der Waals surface area contributed by atoms with Gasteiger partial charge in [0, 0.05) is 5.56 Å². The third kappa shape index (κ3) is 2.30. The van der Waals surface area contributed by atoms with E-state index in [1.54, 1.807) is 12.1 Å². The first-order valence-corrected chi connectivity index (χ1v) is 5.56. The second kappa shape index (κ2) is 4.69. The van der Waals surface area contributed by atoms with Gasteiger partial charge in [-0.3, -0.25) is 4.79 Å². The monoisotopic (exact) mass is 246 g/mol. The van der Waals surface area contributed by atoms with Crippen molar-refractivity contribution in [2.45, 2.75) is 13.8 Å². The highest BCUT2D eigenvalue weighted by molar-refractivity contribution is 5.95. The minimum absolute atomic E-state index is 0.0200. The maximum absolute atomic E-state index is 13.7. The molecular weight excluding hydrogens is 234 g/mol. The van der Waals surface area contributed by atoms with E-state index in [0.717, 1.165) is 5.56 Å². The van der Waals surface area contributed by atoms with Gasteiger partial charge in [-0.25, -0.2) is 8.78 Å². The predicted molar refractivity (Wildman–Crippen MR) is 66.5 cm³/mol.